The van der Waals surface area contributed by atoms with Gasteiger partial charge in [-0.1, -0.05) is 43.2 Å². The number of amides is 2. The van der Waals surface area contributed by atoms with Crippen LogP contribution in [0.25, 0.3) is 0 Å². The van der Waals surface area contributed by atoms with E-state index in [1.165, 1.54) is 0 Å². The molecule has 1 aliphatic rings. The van der Waals surface area contributed by atoms with Crippen LogP contribution in [-0.4, -0.2) is 42.6 Å². The number of benzene rings is 1. The predicted octanol–water partition coefficient (Wildman–Crippen LogP) is 1.64. The molecule has 0 bridgehead atoms. The highest BCUT2D eigenvalue weighted by Gasteiger charge is 2.31. The molecule has 23 heavy (non-hydrogen) atoms. The minimum absolute atomic E-state index is 0.0157. The first-order valence-electron chi connectivity index (χ1n) is 8.04. The Bertz CT molecular complexity index is 521. The van der Waals surface area contributed by atoms with Crippen LogP contribution in [0.4, 0.5) is 4.79 Å². The van der Waals surface area contributed by atoms with Crippen molar-refractivity contribution in [3.05, 3.63) is 35.9 Å². The Hall–Kier alpha value is -2.08. The standard InChI is InChI=1S/C17H25N3O3/c1-20(16(21)11-18)15-10-6-5-9-14(15)19-17(22)23-12-13-7-3-2-4-8-13/h2-4,7-8,14-15H,5-6,9-12,18H2,1H3,(H,19,22). The highest BCUT2D eigenvalue weighted by Crippen LogP contribution is 2.22. The molecule has 0 spiro atoms. The van der Waals surface area contributed by atoms with E-state index in [0.29, 0.717) is 0 Å². The molecule has 0 saturated heterocycles. The molecule has 0 heterocycles. The quantitative estimate of drug-likeness (QED) is 0.864. The van der Waals surface area contributed by atoms with Crippen LogP contribution >= 0.6 is 0 Å². The number of likely N-dealkylation sites (N-methyl/N-ethyl adjacent to an activating group) is 1. The van der Waals surface area contributed by atoms with Crippen molar-refractivity contribution in [1.29, 1.82) is 0 Å². The Labute approximate surface area is 137 Å². The smallest absolute Gasteiger partial charge is 0.407 e. The third-order valence-electron chi connectivity index (χ3n) is 4.31. The average Bonchev–Trinajstić information content (AvgIpc) is 2.60. The lowest BCUT2D eigenvalue weighted by molar-refractivity contribution is -0.131. The Kier molecular flexibility index (Phi) is 6.40. The molecule has 2 atom stereocenters. The fraction of sp³-hybridized carbons (Fsp3) is 0.529. The molecule has 2 unspecified atom stereocenters. The van der Waals surface area contributed by atoms with E-state index in [0.717, 1.165) is 31.2 Å². The molecule has 126 valence electrons. The number of ether oxygens (including phenoxy) is 1. The summed E-state index contributed by atoms with van der Waals surface area (Å²) in [5, 5.41) is 2.90. The van der Waals surface area contributed by atoms with Crippen LogP contribution in [-0.2, 0) is 16.1 Å². The molecule has 1 aromatic carbocycles. The average molecular weight is 319 g/mol. The summed E-state index contributed by atoms with van der Waals surface area (Å²) in [6.45, 7) is 0.222. The number of nitrogens with two attached hydrogens (primary N) is 1. The van der Waals surface area contributed by atoms with Crippen molar-refractivity contribution in [3.8, 4) is 0 Å². The van der Waals surface area contributed by atoms with Crippen LogP contribution in [0, 0.1) is 0 Å². The van der Waals surface area contributed by atoms with Crippen molar-refractivity contribution >= 4 is 12.0 Å². The topological polar surface area (TPSA) is 84.7 Å². The Morgan fingerprint density at radius 2 is 1.96 bits per heavy atom. The minimum Gasteiger partial charge on any atom is -0.445 e. The number of hydrogen-bond acceptors (Lipinski definition) is 4. The van der Waals surface area contributed by atoms with E-state index in [1.54, 1.807) is 11.9 Å². The fourth-order valence-corrected chi connectivity index (χ4v) is 2.99. The first-order chi connectivity index (χ1) is 11.1. The molecule has 0 aliphatic heterocycles. The summed E-state index contributed by atoms with van der Waals surface area (Å²) >= 11 is 0. The zero-order chi connectivity index (χ0) is 16.7. The maximum Gasteiger partial charge on any atom is 0.407 e. The van der Waals surface area contributed by atoms with Gasteiger partial charge in [0.05, 0.1) is 18.6 Å². The highest BCUT2D eigenvalue weighted by atomic mass is 16.5. The molecule has 6 nitrogen and oxygen atoms in total. The number of nitrogens with zero attached hydrogens (tertiary/aromatic N) is 1. The summed E-state index contributed by atoms with van der Waals surface area (Å²) < 4.78 is 5.27. The van der Waals surface area contributed by atoms with Gasteiger partial charge in [-0.3, -0.25) is 4.79 Å². The first kappa shape index (κ1) is 17.3. The van der Waals surface area contributed by atoms with Crippen molar-refractivity contribution < 1.29 is 14.3 Å². The lowest BCUT2D eigenvalue weighted by Crippen LogP contribution is -2.54. The van der Waals surface area contributed by atoms with Crippen molar-refractivity contribution in [2.75, 3.05) is 13.6 Å². The molecular weight excluding hydrogens is 294 g/mol. The number of hydrogen-bond donors (Lipinski definition) is 2. The third-order valence-corrected chi connectivity index (χ3v) is 4.31. The van der Waals surface area contributed by atoms with Crippen LogP contribution in [0.1, 0.15) is 31.2 Å². The van der Waals surface area contributed by atoms with E-state index < -0.39 is 6.09 Å². The number of carbonyl (C=O) groups is 2. The summed E-state index contributed by atoms with van der Waals surface area (Å²) in [7, 11) is 1.75. The lowest BCUT2D eigenvalue weighted by atomic mass is 9.89. The molecule has 1 fully saturated rings. The maximum absolute atomic E-state index is 12.0. The van der Waals surface area contributed by atoms with Gasteiger partial charge in [0.2, 0.25) is 5.91 Å². The zero-order valence-electron chi connectivity index (χ0n) is 13.5. The second-order valence-corrected chi connectivity index (χ2v) is 5.87. The Morgan fingerprint density at radius 1 is 1.26 bits per heavy atom. The van der Waals surface area contributed by atoms with Gasteiger partial charge in [-0.25, -0.2) is 4.79 Å². The van der Waals surface area contributed by atoms with Gasteiger partial charge in [-0.2, -0.15) is 0 Å². The monoisotopic (exact) mass is 319 g/mol. The van der Waals surface area contributed by atoms with E-state index in [2.05, 4.69) is 5.32 Å². The second kappa shape index (κ2) is 8.53. The summed E-state index contributed by atoms with van der Waals surface area (Å²) in [5.41, 5.74) is 6.38. The van der Waals surface area contributed by atoms with Gasteiger partial charge in [0.25, 0.3) is 0 Å². The Balaban J connectivity index is 1.88. The Morgan fingerprint density at radius 3 is 2.65 bits per heavy atom. The van der Waals surface area contributed by atoms with Gasteiger partial charge in [-0.15, -0.1) is 0 Å². The van der Waals surface area contributed by atoms with Crippen LogP contribution in [0.15, 0.2) is 30.3 Å². The van der Waals surface area contributed by atoms with Crippen LogP contribution < -0.4 is 11.1 Å². The number of nitrogens with one attached hydrogen (secondary N) is 1. The third kappa shape index (κ3) is 4.96. The van der Waals surface area contributed by atoms with E-state index in [4.69, 9.17) is 10.5 Å². The molecular formula is C17H25N3O3. The van der Waals surface area contributed by atoms with Crippen LogP contribution in [0.2, 0.25) is 0 Å². The molecule has 0 radical (unpaired) electrons. The van der Waals surface area contributed by atoms with E-state index in [9.17, 15) is 9.59 Å². The summed E-state index contributed by atoms with van der Waals surface area (Å²) in [6.07, 6.45) is 3.34. The van der Waals surface area contributed by atoms with Crippen LogP contribution in [0.5, 0.6) is 0 Å². The molecule has 2 amide bonds. The maximum atomic E-state index is 12.0. The SMILES string of the molecule is CN(C(=O)CN)C1CCCCC1NC(=O)OCc1ccccc1. The van der Waals surface area contributed by atoms with Gasteiger partial charge in [0.15, 0.2) is 0 Å². The molecule has 6 heteroatoms. The van der Waals surface area contributed by atoms with E-state index in [-0.39, 0.29) is 31.1 Å². The van der Waals surface area contributed by atoms with E-state index >= 15 is 0 Å². The largest absolute Gasteiger partial charge is 0.445 e. The van der Waals surface area contributed by atoms with Crippen molar-refractivity contribution in [2.45, 2.75) is 44.4 Å². The summed E-state index contributed by atoms with van der Waals surface area (Å²) in [4.78, 5) is 25.5. The fourth-order valence-electron chi connectivity index (χ4n) is 2.99. The molecule has 2 rings (SSSR count). The van der Waals surface area contributed by atoms with Crippen molar-refractivity contribution in [3.63, 3.8) is 0 Å². The van der Waals surface area contributed by atoms with Gasteiger partial charge in [0, 0.05) is 7.05 Å². The minimum atomic E-state index is -0.445. The predicted molar refractivity (Wildman–Crippen MR) is 87.6 cm³/mol. The molecule has 3 N–H and O–H groups in total. The number of rotatable bonds is 5. The normalized spacial score (nSPS) is 20.6. The number of carbonyl (C=O) groups excluding carboxylic acids is 2. The lowest BCUT2D eigenvalue weighted by Gasteiger charge is -2.38. The summed E-state index contributed by atoms with van der Waals surface area (Å²) in [6, 6.07) is 9.42. The van der Waals surface area contributed by atoms with Crippen molar-refractivity contribution in [1.82, 2.24) is 10.2 Å². The van der Waals surface area contributed by atoms with Gasteiger partial charge < -0.3 is 20.7 Å². The van der Waals surface area contributed by atoms with Gasteiger partial charge in [0.1, 0.15) is 6.61 Å². The first-order valence-corrected chi connectivity index (χ1v) is 8.04. The molecule has 1 aliphatic carbocycles. The second-order valence-electron chi connectivity index (χ2n) is 5.87. The highest BCUT2D eigenvalue weighted by molar-refractivity contribution is 5.78. The summed E-state index contributed by atoms with van der Waals surface area (Å²) in [5.74, 6) is -0.110. The molecule has 1 aromatic rings. The number of alkyl carbamates (subject to hydrolysis) is 1. The molecule has 1 saturated carbocycles. The van der Waals surface area contributed by atoms with Gasteiger partial charge >= 0.3 is 6.09 Å². The van der Waals surface area contributed by atoms with Gasteiger partial charge in [-0.05, 0) is 18.4 Å². The van der Waals surface area contributed by atoms with Crippen molar-refractivity contribution in [2.24, 2.45) is 5.73 Å². The zero-order valence-corrected chi connectivity index (χ0v) is 13.5. The van der Waals surface area contributed by atoms with E-state index in [1.807, 2.05) is 30.3 Å². The van der Waals surface area contributed by atoms with Crippen LogP contribution in [0.3, 0.4) is 0 Å². The molecule has 0 aromatic heterocycles.